The molecule has 0 unspecified atom stereocenters. The molecule has 0 fully saturated rings. The normalized spacial score (nSPS) is 10.3. The molecule has 0 aliphatic rings. The Morgan fingerprint density at radius 2 is 2.24 bits per heavy atom. The van der Waals surface area contributed by atoms with E-state index < -0.39 is 0 Å². The van der Waals surface area contributed by atoms with Gasteiger partial charge in [-0.25, -0.2) is 0 Å². The maximum atomic E-state index is 8.89. The van der Waals surface area contributed by atoms with E-state index in [1.54, 1.807) is 7.11 Å². The van der Waals surface area contributed by atoms with Crippen molar-refractivity contribution in [3.05, 3.63) is 4.88 Å². The van der Waals surface area contributed by atoms with Crippen LogP contribution in [0, 0.1) is 17.2 Å². The van der Waals surface area contributed by atoms with Gasteiger partial charge in [0.15, 0.2) is 5.75 Å². The number of nitrogen functional groups attached to an aromatic ring is 1. The lowest BCUT2D eigenvalue weighted by atomic mass is 10.1. The van der Waals surface area contributed by atoms with E-state index >= 15 is 0 Å². The summed E-state index contributed by atoms with van der Waals surface area (Å²) in [4.78, 5) is 0.508. The molecule has 0 saturated heterocycles. The first-order valence-corrected chi connectivity index (χ1v) is 6.52. The monoisotopic (exact) mass is 253 g/mol. The molecule has 17 heavy (non-hydrogen) atoms. The summed E-state index contributed by atoms with van der Waals surface area (Å²) in [5.74, 6) is 1.30. The fourth-order valence-electron chi connectivity index (χ4n) is 1.54. The van der Waals surface area contributed by atoms with Crippen LogP contribution in [0.4, 0.5) is 10.7 Å². The molecule has 4 nitrogen and oxygen atoms in total. The Bertz CT molecular complexity index is 407. The number of hydrogen-bond acceptors (Lipinski definition) is 5. The zero-order valence-corrected chi connectivity index (χ0v) is 11.4. The summed E-state index contributed by atoms with van der Waals surface area (Å²) in [6.45, 7) is 5.29. The summed E-state index contributed by atoms with van der Waals surface area (Å²) >= 11 is 1.35. The van der Waals surface area contributed by atoms with E-state index in [1.807, 2.05) is 0 Å². The summed E-state index contributed by atoms with van der Waals surface area (Å²) in [7, 11) is 1.57. The first kappa shape index (κ1) is 13.7. The Kier molecular flexibility index (Phi) is 5.11. The van der Waals surface area contributed by atoms with Gasteiger partial charge in [-0.15, -0.1) is 11.3 Å². The van der Waals surface area contributed by atoms with Crippen LogP contribution in [-0.2, 0) is 0 Å². The third-order valence-corrected chi connectivity index (χ3v) is 3.50. The van der Waals surface area contributed by atoms with Crippen molar-refractivity contribution in [1.29, 1.82) is 5.26 Å². The Morgan fingerprint density at radius 1 is 1.53 bits per heavy atom. The van der Waals surface area contributed by atoms with E-state index in [1.165, 1.54) is 17.8 Å². The quantitative estimate of drug-likeness (QED) is 0.764. The van der Waals surface area contributed by atoms with E-state index in [-0.39, 0.29) is 0 Å². The molecule has 1 aromatic heterocycles. The highest BCUT2D eigenvalue weighted by molar-refractivity contribution is 7.17. The van der Waals surface area contributed by atoms with Crippen LogP contribution in [0.5, 0.6) is 5.75 Å². The molecule has 0 aromatic carbocycles. The van der Waals surface area contributed by atoms with E-state index in [4.69, 9.17) is 15.7 Å². The van der Waals surface area contributed by atoms with Crippen LogP contribution >= 0.6 is 11.3 Å². The first-order chi connectivity index (χ1) is 8.10. The summed E-state index contributed by atoms with van der Waals surface area (Å²) in [6.07, 6.45) is 2.28. The number of methoxy groups -OCH3 is 1. The minimum absolute atomic E-state index is 0.436. The highest BCUT2D eigenvalue weighted by Crippen LogP contribution is 2.41. The second kappa shape index (κ2) is 6.36. The van der Waals surface area contributed by atoms with Crippen molar-refractivity contribution in [1.82, 2.24) is 0 Å². The fraction of sp³-hybridized carbons (Fsp3) is 0.583. The van der Waals surface area contributed by atoms with Gasteiger partial charge in [-0.05, 0) is 18.8 Å². The van der Waals surface area contributed by atoms with Crippen LogP contribution < -0.4 is 15.8 Å². The van der Waals surface area contributed by atoms with Crippen LogP contribution in [0.25, 0.3) is 0 Å². The van der Waals surface area contributed by atoms with Crippen molar-refractivity contribution >= 4 is 22.0 Å². The van der Waals surface area contributed by atoms with Gasteiger partial charge in [0.05, 0.1) is 7.11 Å². The van der Waals surface area contributed by atoms with Crippen molar-refractivity contribution in [2.75, 3.05) is 24.7 Å². The standard InChI is InChI=1S/C12H19N3OS/c1-8(2)5-4-6-15-12-11(16-3)10(14)9(7-13)17-12/h8,15H,4-6,14H2,1-3H3. The molecule has 1 heterocycles. The minimum atomic E-state index is 0.436. The zero-order valence-electron chi connectivity index (χ0n) is 10.5. The number of ether oxygens (including phenoxy) is 1. The van der Waals surface area contributed by atoms with Crippen molar-refractivity contribution in [2.24, 2.45) is 5.92 Å². The average molecular weight is 253 g/mol. The van der Waals surface area contributed by atoms with Crippen molar-refractivity contribution in [3.8, 4) is 11.8 Å². The minimum Gasteiger partial charge on any atom is -0.492 e. The first-order valence-electron chi connectivity index (χ1n) is 5.70. The van der Waals surface area contributed by atoms with Gasteiger partial charge in [-0.2, -0.15) is 5.26 Å². The van der Waals surface area contributed by atoms with E-state index in [0.717, 1.165) is 18.0 Å². The molecule has 0 aliphatic heterocycles. The summed E-state index contributed by atoms with van der Waals surface area (Å²) in [6, 6.07) is 2.07. The topological polar surface area (TPSA) is 71.1 Å². The summed E-state index contributed by atoms with van der Waals surface area (Å²) in [5.41, 5.74) is 6.24. The summed E-state index contributed by atoms with van der Waals surface area (Å²) in [5, 5.41) is 13.0. The maximum Gasteiger partial charge on any atom is 0.177 e. The molecule has 0 bridgehead atoms. The smallest absolute Gasteiger partial charge is 0.177 e. The van der Waals surface area contributed by atoms with Crippen molar-refractivity contribution in [2.45, 2.75) is 26.7 Å². The highest BCUT2D eigenvalue weighted by atomic mass is 32.1. The molecule has 0 aliphatic carbocycles. The third-order valence-electron chi connectivity index (χ3n) is 2.45. The van der Waals surface area contributed by atoms with Gasteiger partial charge >= 0.3 is 0 Å². The summed E-state index contributed by atoms with van der Waals surface area (Å²) < 4.78 is 5.21. The molecule has 0 saturated carbocycles. The molecule has 0 spiro atoms. The number of thiophene rings is 1. The maximum absolute atomic E-state index is 8.89. The Hall–Kier alpha value is -1.41. The van der Waals surface area contributed by atoms with Gasteiger partial charge in [0.25, 0.3) is 0 Å². The largest absolute Gasteiger partial charge is 0.492 e. The third kappa shape index (κ3) is 3.53. The highest BCUT2D eigenvalue weighted by Gasteiger charge is 2.15. The number of rotatable bonds is 6. The molecule has 0 radical (unpaired) electrons. The molecule has 5 heteroatoms. The van der Waals surface area contributed by atoms with E-state index in [9.17, 15) is 0 Å². The van der Waals surface area contributed by atoms with Gasteiger partial charge in [0.1, 0.15) is 21.6 Å². The number of hydrogen-bond donors (Lipinski definition) is 2. The number of nitrogens with one attached hydrogen (secondary N) is 1. The Balaban J connectivity index is 2.62. The second-order valence-electron chi connectivity index (χ2n) is 4.28. The van der Waals surface area contributed by atoms with E-state index in [0.29, 0.717) is 22.2 Å². The number of nitrogens with two attached hydrogens (primary N) is 1. The zero-order chi connectivity index (χ0) is 12.8. The molecule has 0 atom stereocenters. The van der Waals surface area contributed by atoms with Crippen molar-refractivity contribution in [3.63, 3.8) is 0 Å². The SMILES string of the molecule is COc1c(NCCCC(C)C)sc(C#N)c1N. The lowest BCUT2D eigenvalue weighted by molar-refractivity contribution is 0.420. The Labute approximate surface area is 106 Å². The predicted molar refractivity (Wildman–Crippen MR) is 72.6 cm³/mol. The molecule has 0 amide bonds. The molecule has 1 rings (SSSR count). The van der Waals surface area contributed by atoms with Crippen LogP contribution in [0.3, 0.4) is 0 Å². The lowest BCUT2D eigenvalue weighted by Gasteiger charge is -2.08. The van der Waals surface area contributed by atoms with Gasteiger partial charge in [-0.1, -0.05) is 13.8 Å². The van der Waals surface area contributed by atoms with Crippen LogP contribution in [0.1, 0.15) is 31.6 Å². The average Bonchev–Trinajstić information content (AvgIpc) is 2.60. The van der Waals surface area contributed by atoms with Gasteiger partial charge in [0.2, 0.25) is 0 Å². The second-order valence-corrected chi connectivity index (χ2v) is 5.30. The van der Waals surface area contributed by atoms with Crippen LogP contribution in [-0.4, -0.2) is 13.7 Å². The molecule has 94 valence electrons. The van der Waals surface area contributed by atoms with Crippen molar-refractivity contribution < 1.29 is 4.74 Å². The predicted octanol–water partition coefficient (Wildman–Crippen LogP) is 3.06. The lowest BCUT2D eigenvalue weighted by Crippen LogP contribution is -2.03. The number of anilines is 2. The van der Waals surface area contributed by atoms with Gasteiger partial charge < -0.3 is 15.8 Å². The molecule has 1 aromatic rings. The molecule has 3 N–H and O–H groups in total. The molecular formula is C12H19N3OS. The fourth-order valence-corrected chi connectivity index (χ4v) is 2.46. The van der Waals surface area contributed by atoms with Gasteiger partial charge in [-0.3, -0.25) is 0 Å². The van der Waals surface area contributed by atoms with E-state index in [2.05, 4.69) is 25.2 Å². The Morgan fingerprint density at radius 3 is 2.76 bits per heavy atom. The van der Waals surface area contributed by atoms with Crippen LogP contribution in [0.15, 0.2) is 0 Å². The molecular weight excluding hydrogens is 234 g/mol. The number of nitriles is 1. The van der Waals surface area contributed by atoms with Gasteiger partial charge in [0, 0.05) is 6.54 Å². The number of nitrogens with zero attached hydrogens (tertiary/aromatic N) is 1. The van der Waals surface area contributed by atoms with Crippen LogP contribution in [0.2, 0.25) is 0 Å².